The standard InChI is InChI=1S/C31H27F3N2O3/c1-38-30(37)26-19-35-16-15-28(26)39-29(24-11-9-22(10-12-24)21-6-3-2-4-7-21)20-36-17-5-8-23-13-14-25(18-27(23)36)31(32,33)34/h2-4,6-7,9-16,18-19,29H,5,8,17,20H2,1H3. The Bertz CT molecular complexity index is 1440. The van der Waals surface area contributed by atoms with Gasteiger partial charge in [-0.25, -0.2) is 4.79 Å². The molecular formula is C31H27F3N2O3. The maximum atomic E-state index is 13.5. The Morgan fingerprint density at radius 2 is 1.74 bits per heavy atom. The summed E-state index contributed by atoms with van der Waals surface area (Å²) < 4.78 is 51.9. The highest BCUT2D eigenvalue weighted by atomic mass is 19.4. The third-order valence-electron chi connectivity index (χ3n) is 6.86. The van der Waals surface area contributed by atoms with Gasteiger partial charge in [0, 0.05) is 24.6 Å². The zero-order valence-electron chi connectivity index (χ0n) is 21.3. The van der Waals surface area contributed by atoms with Crippen molar-refractivity contribution in [1.82, 2.24) is 4.98 Å². The van der Waals surface area contributed by atoms with Crippen molar-refractivity contribution in [2.24, 2.45) is 0 Å². The molecule has 0 N–H and O–H groups in total. The van der Waals surface area contributed by atoms with Crippen LogP contribution in [0.25, 0.3) is 11.1 Å². The highest BCUT2D eigenvalue weighted by Crippen LogP contribution is 2.37. The number of methoxy groups -OCH3 is 1. The summed E-state index contributed by atoms with van der Waals surface area (Å²) in [7, 11) is 1.28. The van der Waals surface area contributed by atoms with Crippen LogP contribution in [0.3, 0.4) is 0 Å². The molecule has 0 radical (unpaired) electrons. The van der Waals surface area contributed by atoms with E-state index in [1.165, 1.54) is 25.6 Å². The Morgan fingerprint density at radius 1 is 1.00 bits per heavy atom. The minimum atomic E-state index is -4.44. The summed E-state index contributed by atoms with van der Waals surface area (Å²) >= 11 is 0. The molecule has 0 fully saturated rings. The van der Waals surface area contributed by atoms with Gasteiger partial charge in [0.1, 0.15) is 17.4 Å². The number of hydrogen-bond donors (Lipinski definition) is 0. The number of esters is 1. The zero-order valence-corrected chi connectivity index (χ0v) is 21.3. The van der Waals surface area contributed by atoms with E-state index in [0.29, 0.717) is 18.7 Å². The highest BCUT2D eigenvalue weighted by Gasteiger charge is 2.33. The monoisotopic (exact) mass is 532 g/mol. The number of rotatable bonds is 7. The molecule has 1 unspecified atom stereocenters. The average molecular weight is 533 g/mol. The first-order valence-corrected chi connectivity index (χ1v) is 12.6. The summed E-state index contributed by atoms with van der Waals surface area (Å²) in [5.41, 5.74) is 3.81. The number of aromatic nitrogens is 1. The first-order valence-electron chi connectivity index (χ1n) is 12.6. The Hall–Kier alpha value is -4.33. The second-order valence-electron chi connectivity index (χ2n) is 9.35. The van der Waals surface area contributed by atoms with Gasteiger partial charge >= 0.3 is 12.1 Å². The predicted octanol–water partition coefficient (Wildman–Crippen LogP) is 7.13. The molecule has 5 rings (SSSR count). The van der Waals surface area contributed by atoms with Gasteiger partial charge in [-0.3, -0.25) is 4.98 Å². The molecule has 0 saturated heterocycles. The molecule has 1 aromatic heterocycles. The summed E-state index contributed by atoms with van der Waals surface area (Å²) in [5.74, 6) is -0.301. The molecule has 0 spiro atoms. The SMILES string of the molecule is COC(=O)c1cnccc1OC(CN1CCCc2ccc(C(F)(F)F)cc21)c1ccc(-c2ccccc2)cc1. The van der Waals surface area contributed by atoms with Gasteiger partial charge in [0.25, 0.3) is 0 Å². The van der Waals surface area contributed by atoms with Crippen LogP contribution in [0.1, 0.15) is 39.6 Å². The van der Waals surface area contributed by atoms with Crippen LogP contribution in [0.15, 0.2) is 91.3 Å². The van der Waals surface area contributed by atoms with E-state index in [9.17, 15) is 18.0 Å². The van der Waals surface area contributed by atoms with Crippen molar-refractivity contribution in [3.05, 3.63) is 114 Å². The van der Waals surface area contributed by atoms with E-state index in [-0.39, 0.29) is 17.9 Å². The van der Waals surface area contributed by atoms with Crippen molar-refractivity contribution in [3.8, 4) is 16.9 Å². The number of halogens is 3. The quantitative estimate of drug-likeness (QED) is 0.237. The van der Waals surface area contributed by atoms with E-state index in [1.54, 1.807) is 12.1 Å². The molecule has 0 amide bonds. The van der Waals surface area contributed by atoms with Crippen LogP contribution in [0.5, 0.6) is 5.75 Å². The van der Waals surface area contributed by atoms with Gasteiger partial charge in [-0.1, -0.05) is 60.7 Å². The second kappa shape index (κ2) is 11.2. The maximum absolute atomic E-state index is 13.5. The van der Waals surface area contributed by atoms with Crippen molar-refractivity contribution in [1.29, 1.82) is 0 Å². The van der Waals surface area contributed by atoms with Crippen LogP contribution in [0, 0.1) is 0 Å². The van der Waals surface area contributed by atoms with E-state index < -0.39 is 23.8 Å². The van der Waals surface area contributed by atoms with Crippen LogP contribution >= 0.6 is 0 Å². The van der Waals surface area contributed by atoms with Crippen LogP contribution in [0.2, 0.25) is 0 Å². The normalized spacial score (nSPS) is 13.9. The molecule has 2 heterocycles. The average Bonchev–Trinajstić information content (AvgIpc) is 2.96. The Kier molecular flexibility index (Phi) is 7.54. The van der Waals surface area contributed by atoms with Gasteiger partial charge in [0.15, 0.2) is 0 Å². The van der Waals surface area contributed by atoms with Gasteiger partial charge in [-0.2, -0.15) is 13.2 Å². The predicted molar refractivity (Wildman–Crippen MR) is 143 cm³/mol. The first kappa shape index (κ1) is 26.3. The molecule has 0 bridgehead atoms. The van der Waals surface area contributed by atoms with Gasteiger partial charge in [-0.15, -0.1) is 0 Å². The van der Waals surface area contributed by atoms with Crippen LogP contribution < -0.4 is 9.64 Å². The number of fused-ring (bicyclic) bond motifs is 1. The fourth-order valence-electron chi connectivity index (χ4n) is 4.85. The summed E-state index contributed by atoms with van der Waals surface area (Å²) in [6.07, 6.45) is -0.626. The lowest BCUT2D eigenvalue weighted by atomic mass is 9.97. The van der Waals surface area contributed by atoms with E-state index >= 15 is 0 Å². The topological polar surface area (TPSA) is 51.7 Å². The molecular weight excluding hydrogens is 505 g/mol. The van der Waals surface area contributed by atoms with Crippen molar-refractivity contribution >= 4 is 11.7 Å². The fourth-order valence-corrected chi connectivity index (χ4v) is 4.85. The Labute approximate surface area is 224 Å². The number of alkyl halides is 3. The number of carbonyl (C=O) groups is 1. The third-order valence-corrected chi connectivity index (χ3v) is 6.86. The Balaban J connectivity index is 1.51. The molecule has 5 nitrogen and oxygen atoms in total. The maximum Gasteiger partial charge on any atom is 0.416 e. The number of ether oxygens (including phenoxy) is 2. The van der Waals surface area contributed by atoms with Gasteiger partial charge < -0.3 is 14.4 Å². The molecule has 0 saturated carbocycles. The summed E-state index contributed by atoms with van der Waals surface area (Å²) in [4.78, 5) is 18.3. The molecule has 8 heteroatoms. The summed E-state index contributed by atoms with van der Waals surface area (Å²) in [6.45, 7) is 0.860. The number of benzene rings is 3. The van der Waals surface area contributed by atoms with E-state index in [0.717, 1.165) is 34.7 Å². The van der Waals surface area contributed by atoms with Crippen molar-refractivity contribution in [2.45, 2.75) is 25.1 Å². The highest BCUT2D eigenvalue weighted by molar-refractivity contribution is 5.92. The lowest BCUT2D eigenvalue weighted by Gasteiger charge is -2.35. The molecule has 1 aliphatic heterocycles. The van der Waals surface area contributed by atoms with E-state index in [2.05, 4.69) is 4.98 Å². The summed E-state index contributed by atoms with van der Waals surface area (Å²) in [6, 6.07) is 23.3. The van der Waals surface area contributed by atoms with E-state index in [4.69, 9.17) is 9.47 Å². The molecule has 0 aliphatic carbocycles. The number of nitrogens with zero attached hydrogens (tertiary/aromatic N) is 2. The Morgan fingerprint density at radius 3 is 2.46 bits per heavy atom. The van der Waals surface area contributed by atoms with Gasteiger partial charge in [0.05, 0.1) is 19.2 Å². The molecule has 1 atom stereocenters. The minimum Gasteiger partial charge on any atom is -0.483 e. The van der Waals surface area contributed by atoms with Gasteiger partial charge in [-0.05, 0) is 53.3 Å². The summed E-state index contributed by atoms with van der Waals surface area (Å²) in [5, 5.41) is 0. The molecule has 4 aromatic rings. The van der Waals surface area contributed by atoms with Crippen molar-refractivity contribution in [3.63, 3.8) is 0 Å². The number of aryl methyl sites for hydroxylation is 1. The van der Waals surface area contributed by atoms with Crippen LogP contribution in [-0.4, -0.2) is 31.2 Å². The molecule has 39 heavy (non-hydrogen) atoms. The smallest absolute Gasteiger partial charge is 0.416 e. The number of anilines is 1. The molecule has 200 valence electrons. The van der Waals surface area contributed by atoms with Gasteiger partial charge in [0.2, 0.25) is 0 Å². The molecule has 3 aromatic carbocycles. The second-order valence-corrected chi connectivity index (χ2v) is 9.35. The van der Waals surface area contributed by atoms with Crippen LogP contribution in [0.4, 0.5) is 18.9 Å². The van der Waals surface area contributed by atoms with E-state index in [1.807, 2.05) is 59.5 Å². The number of hydrogen-bond acceptors (Lipinski definition) is 5. The fraction of sp³-hybridized carbons (Fsp3) is 0.226. The van der Waals surface area contributed by atoms with Crippen molar-refractivity contribution in [2.75, 3.05) is 25.1 Å². The lowest BCUT2D eigenvalue weighted by Crippen LogP contribution is -2.35. The number of pyridine rings is 1. The van der Waals surface area contributed by atoms with Crippen molar-refractivity contribution < 1.29 is 27.4 Å². The lowest BCUT2D eigenvalue weighted by molar-refractivity contribution is -0.137. The number of carbonyl (C=O) groups excluding carboxylic acids is 1. The largest absolute Gasteiger partial charge is 0.483 e. The van der Waals surface area contributed by atoms with Crippen LogP contribution in [-0.2, 0) is 17.3 Å². The first-order chi connectivity index (χ1) is 18.8. The third kappa shape index (κ3) is 5.90. The molecule has 1 aliphatic rings. The minimum absolute atomic E-state index is 0.171. The zero-order chi connectivity index (χ0) is 27.4.